The van der Waals surface area contributed by atoms with Crippen LogP contribution in [-0.2, 0) is 17.9 Å². The van der Waals surface area contributed by atoms with Gasteiger partial charge in [0.25, 0.3) is 5.56 Å². The van der Waals surface area contributed by atoms with Crippen molar-refractivity contribution in [3.05, 3.63) is 80.8 Å². The van der Waals surface area contributed by atoms with E-state index in [0.29, 0.717) is 28.7 Å². The van der Waals surface area contributed by atoms with Crippen molar-refractivity contribution in [3.63, 3.8) is 0 Å². The quantitative estimate of drug-likeness (QED) is 0.466. The summed E-state index contributed by atoms with van der Waals surface area (Å²) in [7, 11) is 0. The number of amides is 1. The molecule has 2 aromatic heterocycles. The topological polar surface area (TPSA) is 116 Å². The SMILES string of the molecule is Cc1nc(N)ccc1CNC(=O)Cn1c(C)cc(SCC2=C=C=CC=C2)c(N)c1=O. The summed E-state index contributed by atoms with van der Waals surface area (Å²) in [5.74, 6) is 0.770. The maximum Gasteiger partial charge on any atom is 0.275 e. The summed E-state index contributed by atoms with van der Waals surface area (Å²) in [5, 5.41) is 2.81. The van der Waals surface area contributed by atoms with Crippen LogP contribution in [0.5, 0.6) is 0 Å². The highest BCUT2D eigenvalue weighted by Gasteiger charge is 2.14. The molecule has 30 heavy (non-hydrogen) atoms. The van der Waals surface area contributed by atoms with Crippen LogP contribution in [0.25, 0.3) is 0 Å². The van der Waals surface area contributed by atoms with E-state index >= 15 is 0 Å². The highest BCUT2D eigenvalue weighted by atomic mass is 32.2. The third-order valence-corrected chi connectivity index (χ3v) is 5.70. The summed E-state index contributed by atoms with van der Waals surface area (Å²) in [6, 6.07) is 5.34. The van der Waals surface area contributed by atoms with Gasteiger partial charge in [0.05, 0.1) is 0 Å². The summed E-state index contributed by atoms with van der Waals surface area (Å²) in [6.07, 6.45) is 5.61. The van der Waals surface area contributed by atoms with Gasteiger partial charge in [-0.15, -0.1) is 11.8 Å². The molecule has 154 valence electrons. The van der Waals surface area contributed by atoms with Crippen molar-refractivity contribution < 1.29 is 4.79 Å². The van der Waals surface area contributed by atoms with E-state index < -0.39 is 0 Å². The second-order valence-corrected chi connectivity index (χ2v) is 7.84. The summed E-state index contributed by atoms with van der Waals surface area (Å²) < 4.78 is 1.38. The Balaban J connectivity index is 1.68. The molecule has 1 aliphatic rings. The lowest BCUT2D eigenvalue weighted by molar-refractivity contribution is -0.121. The Bertz CT molecular complexity index is 1180. The van der Waals surface area contributed by atoms with Crippen LogP contribution in [0.3, 0.4) is 0 Å². The average molecular weight is 422 g/mol. The Morgan fingerprint density at radius 3 is 2.80 bits per heavy atom. The molecule has 0 unspecified atom stereocenters. The number of nitrogens with two attached hydrogens (primary N) is 2. The molecule has 0 fully saturated rings. The lowest BCUT2D eigenvalue weighted by atomic mass is 10.2. The number of nitrogens with zero attached hydrogens (tertiary/aromatic N) is 2. The number of nitrogen functional groups attached to an aromatic ring is 2. The van der Waals surface area contributed by atoms with Gasteiger partial charge in [0.15, 0.2) is 0 Å². The Kier molecular flexibility index (Phi) is 6.65. The third kappa shape index (κ3) is 5.13. The van der Waals surface area contributed by atoms with Gasteiger partial charge in [0.1, 0.15) is 18.1 Å². The number of thioether (sulfide) groups is 1. The predicted molar refractivity (Wildman–Crippen MR) is 120 cm³/mol. The summed E-state index contributed by atoms with van der Waals surface area (Å²) in [5.41, 5.74) is 20.7. The molecule has 0 spiro atoms. The van der Waals surface area contributed by atoms with Gasteiger partial charge >= 0.3 is 0 Å². The molecule has 5 N–H and O–H groups in total. The van der Waals surface area contributed by atoms with Crippen molar-refractivity contribution in [1.29, 1.82) is 0 Å². The Hall–Kier alpha value is -3.44. The molecule has 0 aromatic carbocycles. The minimum Gasteiger partial charge on any atom is -0.393 e. The van der Waals surface area contributed by atoms with Crippen molar-refractivity contribution in [2.24, 2.45) is 0 Å². The fourth-order valence-corrected chi connectivity index (χ4v) is 3.87. The molecule has 2 heterocycles. The predicted octanol–water partition coefficient (Wildman–Crippen LogP) is 2.24. The number of aromatic nitrogens is 2. The molecule has 0 saturated carbocycles. The Morgan fingerprint density at radius 2 is 2.10 bits per heavy atom. The van der Waals surface area contributed by atoms with Gasteiger partial charge in [-0.05, 0) is 43.7 Å². The van der Waals surface area contributed by atoms with Crippen LogP contribution in [0.1, 0.15) is 17.0 Å². The van der Waals surface area contributed by atoms with E-state index in [4.69, 9.17) is 11.5 Å². The normalized spacial score (nSPS) is 12.1. The highest BCUT2D eigenvalue weighted by molar-refractivity contribution is 7.99. The van der Waals surface area contributed by atoms with Crippen molar-refractivity contribution in [3.8, 4) is 0 Å². The van der Waals surface area contributed by atoms with E-state index in [1.807, 2.05) is 31.2 Å². The van der Waals surface area contributed by atoms with Gasteiger partial charge in [0, 0.05) is 34.2 Å². The molecule has 3 rings (SSSR count). The molecule has 0 bridgehead atoms. The Morgan fingerprint density at radius 1 is 1.30 bits per heavy atom. The summed E-state index contributed by atoms with van der Waals surface area (Å²) in [4.78, 5) is 30.0. The second kappa shape index (κ2) is 9.37. The van der Waals surface area contributed by atoms with Crippen LogP contribution in [0.2, 0.25) is 0 Å². The minimum atomic E-state index is -0.374. The zero-order valence-electron chi connectivity index (χ0n) is 16.9. The Labute approximate surface area is 178 Å². The number of allylic oxidation sites excluding steroid dienone is 3. The van der Waals surface area contributed by atoms with E-state index in [1.54, 1.807) is 19.1 Å². The zero-order valence-corrected chi connectivity index (χ0v) is 17.7. The van der Waals surface area contributed by atoms with Gasteiger partial charge in [-0.25, -0.2) is 4.98 Å². The zero-order chi connectivity index (χ0) is 21.7. The first kappa shape index (κ1) is 21.3. The van der Waals surface area contributed by atoms with E-state index in [9.17, 15) is 9.59 Å². The number of rotatable bonds is 7. The maximum atomic E-state index is 12.7. The fraction of sp³-hybridized carbons (Fsp3) is 0.227. The summed E-state index contributed by atoms with van der Waals surface area (Å²) in [6.45, 7) is 3.81. The smallest absolute Gasteiger partial charge is 0.275 e. The number of aryl methyl sites for hydroxylation is 2. The number of carbonyl (C=O) groups excluding carboxylic acids is 1. The molecule has 0 radical (unpaired) electrons. The molecule has 7 nitrogen and oxygen atoms in total. The number of pyridine rings is 2. The number of hydrogen-bond donors (Lipinski definition) is 3. The van der Waals surface area contributed by atoms with E-state index in [2.05, 4.69) is 21.8 Å². The number of carbonyl (C=O) groups is 1. The summed E-state index contributed by atoms with van der Waals surface area (Å²) >= 11 is 1.46. The molecular formula is C22H23N5O2S. The van der Waals surface area contributed by atoms with Gasteiger partial charge in [-0.1, -0.05) is 23.6 Å². The lowest BCUT2D eigenvalue weighted by Gasteiger charge is -2.14. The number of nitrogens with one attached hydrogen (secondary N) is 1. The van der Waals surface area contributed by atoms with Crippen LogP contribution in [0.4, 0.5) is 11.5 Å². The van der Waals surface area contributed by atoms with Gasteiger partial charge in [0.2, 0.25) is 5.91 Å². The second-order valence-electron chi connectivity index (χ2n) is 6.82. The van der Waals surface area contributed by atoms with Crippen LogP contribution in [0.15, 0.2) is 63.2 Å². The molecule has 0 aliphatic heterocycles. The first-order valence-electron chi connectivity index (χ1n) is 9.34. The third-order valence-electron chi connectivity index (χ3n) is 4.59. The molecule has 0 atom stereocenters. The van der Waals surface area contributed by atoms with Crippen LogP contribution >= 0.6 is 11.8 Å². The van der Waals surface area contributed by atoms with Crippen LogP contribution in [0, 0.1) is 13.8 Å². The minimum absolute atomic E-state index is 0.108. The molecule has 1 amide bonds. The van der Waals surface area contributed by atoms with Crippen molar-refractivity contribution >= 4 is 29.2 Å². The van der Waals surface area contributed by atoms with Crippen LogP contribution < -0.4 is 22.3 Å². The maximum absolute atomic E-state index is 12.7. The van der Waals surface area contributed by atoms with E-state index in [1.165, 1.54) is 16.3 Å². The monoisotopic (exact) mass is 421 g/mol. The molecule has 1 aliphatic carbocycles. The largest absolute Gasteiger partial charge is 0.393 e. The van der Waals surface area contributed by atoms with Crippen LogP contribution in [-0.4, -0.2) is 21.2 Å². The standard InChI is InChI=1S/C22H23N5O2S/c1-14-10-18(30-13-16-6-4-3-5-7-16)21(24)22(29)27(14)12-20(28)25-11-17-8-9-19(23)26-15(17)2/h3-4,6,8-10H,11-13,24H2,1-2H3,(H2,23,26)(H,25,28). The first-order chi connectivity index (χ1) is 14.3. The molecule has 2 aromatic rings. The van der Waals surface area contributed by atoms with E-state index in [-0.39, 0.29) is 23.7 Å². The van der Waals surface area contributed by atoms with Crippen molar-refractivity contribution in [2.75, 3.05) is 17.2 Å². The molecule has 8 heteroatoms. The van der Waals surface area contributed by atoms with E-state index in [0.717, 1.165) is 16.8 Å². The first-order valence-corrected chi connectivity index (χ1v) is 10.3. The van der Waals surface area contributed by atoms with Crippen molar-refractivity contribution in [2.45, 2.75) is 31.8 Å². The lowest BCUT2D eigenvalue weighted by Crippen LogP contribution is -2.34. The van der Waals surface area contributed by atoms with Gasteiger partial charge in [-0.2, -0.15) is 0 Å². The number of anilines is 2. The van der Waals surface area contributed by atoms with Gasteiger partial charge < -0.3 is 21.4 Å². The highest BCUT2D eigenvalue weighted by Crippen LogP contribution is 2.25. The van der Waals surface area contributed by atoms with Gasteiger partial charge in [-0.3, -0.25) is 9.59 Å². The average Bonchev–Trinajstić information content (AvgIpc) is 2.73. The van der Waals surface area contributed by atoms with Crippen molar-refractivity contribution in [1.82, 2.24) is 14.9 Å². The molecular weight excluding hydrogens is 398 g/mol. The molecule has 0 saturated heterocycles. The number of hydrogen-bond acceptors (Lipinski definition) is 6. The fourth-order valence-electron chi connectivity index (χ4n) is 2.89.